The Kier molecular flexibility index (Phi) is 5.31. The highest BCUT2D eigenvalue weighted by atomic mass is 35.5. The first kappa shape index (κ1) is 17.4. The SMILES string of the molecule is O=C(c1cccc([N+](=O)[O-])c1)N1CCN(Cc2ccc(Cl)cc2)CC1. The summed E-state index contributed by atoms with van der Waals surface area (Å²) in [6, 6.07) is 13.6. The van der Waals surface area contributed by atoms with Crippen LogP contribution >= 0.6 is 11.6 Å². The van der Waals surface area contributed by atoms with Crippen molar-refractivity contribution in [2.75, 3.05) is 26.2 Å². The number of halogens is 1. The molecule has 0 aromatic heterocycles. The average molecular weight is 360 g/mol. The molecule has 1 saturated heterocycles. The zero-order valence-electron chi connectivity index (χ0n) is 13.6. The van der Waals surface area contributed by atoms with Gasteiger partial charge in [0.05, 0.1) is 4.92 Å². The number of nitro benzene ring substituents is 1. The van der Waals surface area contributed by atoms with Gasteiger partial charge in [-0.1, -0.05) is 29.8 Å². The van der Waals surface area contributed by atoms with E-state index in [9.17, 15) is 14.9 Å². The summed E-state index contributed by atoms with van der Waals surface area (Å²) >= 11 is 5.90. The Bertz CT molecular complexity index is 771. The number of non-ortho nitro benzene ring substituents is 1. The Morgan fingerprint density at radius 1 is 1.08 bits per heavy atom. The predicted octanol–water partition coefficient (Wildman–Crippen LogP) is 3.21. The largest absolute Gasteiger partial charge is 0.336 e. The van der Waals surface area contributed by atoms with Gasteiger partial charge in [0.2, 0.25) is 0 Å². The molecular formula is C18H18ClN3O3. The molecule has 1 fully saturated rings. The van der Waals surface area contributed by atoms with Gasteiger partial charge >= 0.3 is 0 Å². The second kappa shape index (κ2) is 7.63. The maximum Gasteiger partial charge on any atom is 0.270 e. The predicted molar refractivity (Wildman–Crippen MR) is 95.7 cm³/mol. The van der Waals surface area contributed by atoms with Crippen LogP contribution in [-0.2, 0) is 6.54 Å². The Balaban J connectivity index is 1.58. The van der Waals surface area contributed by atoms with Crippen molar-refractivity contribution in [3.63, 3.8) is 0 Å². The first-order valence-electron chi connectivity index (χ1n) is 8.03. The van der Waals surface area contributed by atoms with Crippen molar-refractivity contribution in [2.45, 2.75) is 6.54 Å². The lowest BCUT2D eigenvalue weighted by molar-refractivity contribution is -0.384. The van der Waals surface area contributed by atoms with Crippen LogP contribution in [0.3, 0.4) is 0 Å². The van der Waals surface area contributed by atoms with Gasteiger partial charge in [0.1, 0.15) is 0 Å². The van der Waals surface area contributed by atoms with Gasteiger partial charge in [-0.05, 0) is 23.8 Å². The fourth-order valence-corrected chi connectivity index (χ4v) is 3.02. The van der Waals surface area contributed by atoms with E-state index in [2.05, 4.69) is 4.90 Å². The molecule has 25 heavy (non-hydrogen) atoms. The lowest BCUT2D eigenvalue weighted by atomic mass is 10.1. The number of carbonyl (C=O) groups excluding carboxylic acids is 1. The third-order valence-corrected chi connectivity index (χ3v) is 4.53. The molecule has 0 N–H and O–H groups in total. The van der Waals surface area contributed by atoms with E-state index in [1.807, 2.05) is 24.3 Å². The molecule has 0 bridgehead atoms. The second-order valence-corrected chi connectivity index (χ2v) is 6.44. The maximum atomic E-state index is 12.5. The number of rotatable bonds is 4. The molecule has 0 saturated carbocycles. The van der Waals surface area contributed by atoms with Crippen molar-refractivity contribution in [1.82, 2.24) is 9.80 Å². The van der Waals surface area contributed by atoms with E-state index in [4.69, 9.17) is 11.6 Å². The van der Waals surface area contributed by atoms with Crippen LogP contribution in [-0.4, -0.2) is 46.8 Å². The monoisotopic (exact) mass is 359 g/mol. The summed E-state index contributed by atoms with van der Waals surface area (Å²) in [7, 11) is 0. The number of nitro groups is 1. The van der Waals surface area contributed by atoms with Crippen LogP contribution < -0.4 is 0 Å². The van der Waals surface area contributed by atoms with Crippen LogP contribution in [0.15, 0.2) is 48.5 Å². The normalized spacial score (nSPS) is 15.2. The fourth-order valence-electron chi connectivity index (χ4n) is 2.89. The molecule has 3 rings (SSSR count). The van der Waals surface area contributed by atoms with E-state index in [0.717, 1.165) is 24.7 Å². The Hall–Kier alpha value is -2.44. The Morgan fingerprint density at radius 3 is 2.40 bits per heavy atom. The summed E-state index contributed by atoms with van der Waals surface area (Å²) in [5, 5.41) is 11.6. The topological polar surface area (TPSA) is 66.7 Å². The molecule has 1 amide bonds. The molecule has 2 aromatic carbocycles. The Morgan fingerprint density at radius 2 is 1.76 bits per heavy atom. The summed E-state index contributed by atoms with van der Waals surface area (Å²) in [4.78, 5) is 26.9. The molecule has 0 aliphatic carbocycles. The molecule has 0 atom stereocenters. The first-order valence-corrected chi connectivity index (χ1v) is 8.41. The molecule has 1 aliphatic rings. The molecule has 0 radical (unpaired) electrons. The molecular weight excluding hydrogens is 342 g/mol. The van der Waals surface area contributed by atoms with Gasteiger partial charge in [0.25, 0.3) is 11.6 Å². The maximum absolute atomic E-state index is 12.5. The van der Waals surface area contributed by atoms with Crippen LogP contribution in [0.2, 0.25) is 5.02 Å². The van der Waals surface area contributed by atoms with Gasteiger partial charge in [-0.3, -0.25) is 19.8 Å². The zero-order chi connectivity index (χ0) is 17.8. The summed E-state index contributed by atoms with van der Waals surface area (Å²) in [5.41, 5.74) is 1.48. The second-order valence-electron chi connectivity index (χ2n) is 6.00. The van der Waals surface area contributed by atoms with Crippen molar-refractivity contribution in [3.8, 4) is 0 Å². The van der Waals surface area contributed by atoms with Crippen molar-refractivity contribution in [2.24, 2.45) is 0 Å². The summed E-state index contributed by atoms with van der Waals surface area (Å²) in [6.07, 6.45) is 0. The molecule has 130 valence electrons. The van der Waals surface area contributed by atoms with E-state index in [-0.39, 0.29) is 11.6 Å². The van der Waals surface area contributed by atoms with Gasteiger partial charge in [0, 0.05) is 55.4 Å². The van der Waals surface area contributed by atoms with Crippen molar-refractivity contribution in [1.29, 1.82) is 0 Å². The van der Waals surface area contributed by atoms with Crippen LogP contribution in [0.1, 0.15) is 15.9 Å². The number of nitrogens with zero attached hydrogens (tertiary/aromatic N) is 3. The van der Waals surface area contributed by atoms with Gasteiger partial charge in [-0.2, -0.15) is 0 Å². The van der Waals surface area contributed by atoms with E-state index >= 15 is 0 Å². The summed E-state index contributed by atoms with van der Waals surface area (Å²) < 4.78 is 0. The number of piperazine rings is 1. The molecule has 6 nitrogen and oxygen atoms in total. The fraction of sp³-hybridized carbons (Fsp3) is 0.278. The lowest BCUT2D eigenvalue weighted by Crippen LogP contribution is -2.48. The number of carbonyl (C=O) groups is 1. The highest BCUT2D eigenvalue weighted by molar-refractivity contribution is 6.30. The number of benzene rings is 2. The Labute approximate surface area is 150 Å². The van der Waals surface area contributed by atoms with Gasteiger partial charge in [-0.15, -0.1) is 0 Å². The molecule has 0 unspecified atom stereocenters. The summed E-state index contributed by atoms with van der Waals surface area (Å²) in [5.74, 6) is -0.158. The number of amides is 1. The van der Waals surface area contributed by atoms with E-state index in [1.54, 1.807) is 17.0 Å². The standard InChI is InChI=1S/C18H18ClN3O3/c19-16-6-4-14(5-7-16)13-20-8-10-21(11-9-20)18(23)15-2-1-3-17(12-15)22(24)25/h1-7,12H,8-11,13H2. The minimum atomic E-state index is -0.485. The van der Waals surface area contributed by atoms with E-state index in [1.165, 1.54) is 17.7 Å². The summed E-state index contributed by atoms with van der Waals surface area (Å²) in [6.45, 7) is 3.56. The first-order chi connectivity index (χ1) is 12.0. The van der Waals surface area contributed by atoms with Crippen molar-refractivity contribution in [3.05, 3.63) is 74.8 Å². The molecule has 1 aliphatic heterocycles. The quantitative estimate of drug-likeness (QED) is 0.621. The highest BCUT2D eigenvalue weighted by Gasteiger charge is 2.23. The van der Waals surface area contributed by atoms with Crippen LogP contribution in [0.4, 0.5) is 5.69 Å². The molecule has 1 heterocycles. The number of hydrogen-bond acceptors (Lipinski definition) is 4. The van der Waals surface area contributed by atoms with Gasteiger partial charge in [0.15, 0.2) is 0 Å². The molecule has 7 heteroatoms. The van der Waals surface area contributed by atoms with Crippen LogP contribution in [0, 0.1) is 10.1 Å². The van der Waals surface area contributed by atoms with Crippen LogP contribution in [0.25, 0.3) is 0 Å². The van der Waals surface area contributed by atoms with Crippen molar-refractivity contribution >= 4 is 23.2 Å². The highest BCUT2D eigenvalue weighted by Crippen LogP contribution is 2.17. The minimum Gasteiger partial charge on any atom is -0.336 e. The van der Waals surface area contributed by atoms with Crippen molar-refractivity contribution < 1.29 is 9.72 Å². The third-order valence-electron chi connectivity index (χ3n) is 4.28. The average Bonchev–Trinajstić information content (AvgIpc) is 2.64. The molecule has 0 spiro atoms. The molecule has 2 aromatic rings. The van der Waals surface area contributed by atoms with Gasteiger partial charge < -0.3 is 4.90 Å². The minimum absolute atomic E-state index is 0.0628. The van der Waals surface area contributed by atoms with E-state index < -0.39 is 4.92 Å². The van der Waals surface area contributed by atoms with Crippen LogP contribution in [0.5, 0.6) is 0 Å². The zero-order valence-corrected chi connectivity index (χ0v) is 14.4. The van der Waals surface area contributed by atoms with Gasteiger partial charge in [-0.25, -0.2) is 0 Å². The third kappa shape index (κ3) is 4.35. The van der Waals surface area contributed by atoms with E-state index in [0.29, 0.717) is 18.7 Å². The lowest BCUT2D eigenvalue weighted by Gasteiger charge is -2.34. The smallest absolute Gasteiger partial charge is 0.270 e. The number of hydrogen-bond donors (Lipinski definition) is 0.